The lowest BCUT2D eigenvalue weighted by atomic mass is 9.98. The van der Waals surface area contributed by atoms with Gasteiger partial charge in [0.25, 0.3) is 0 Å². The quantitative estimate of drug-likeness (QED) is 0.410. The van der Waals surface area contributed by atoms with Crippen LogP contribution in [0.25, 0.3) is 32.9 Å². The molecule has 4 rings (SSSR count). The number of hydrogen-bond acceptors (Lipinski definition) is 1. The second-order valence-electron chi connectivity index (χ2n) is 5.93. The van der Waals surface area contributed by atoms with Gasteiger partial charge in [0.1, 0.15) is 0 Å². The van der Waals surface area contributed by atoms with Gasteiger partial charge in [-0.05, 0) is 55.3 Å². The molecule has 0 aliphatic rings. The van der Waals surface area contributed by atoms with E-state index < -0.39 is 0 Å². The topological polar surface area (TPSA) is 12.9 Å². The Balaban J connectivity index is 2.10. The molecule has 22 heavy (non-hydrogen) atoms. The Morgan fingerprint density at radius 2 is 1.45 bits per heavy atom. The second-order valence-corrected chi connectivity index (χ2v) is 5.93. The Morgan fingerprint density at radius 3 is 2.27 bits per heavy atom. The Bertz CT molecular complexity index is 985. The smallest absolute Gasteiger partial charge is 0.0788 e. The molecular formula is C21H17N. The van der Waals surface area contributed by atoms with Crippen molar-refractivity contribution in [2.24, 2.45) is 0 Å². The summed E-state index contributed by atoms with van der Waals surface area (Å²) in [6.07, 6.45) is 0. The highest BCUT2D eigenvalue weighted by molar-refractivity contribution is 6.00. The maximum absolute atomic E-state index is 4.94. The van der Waals surface area contributed by atoms with E-state index >= 15 is 0 Å². The van der Waals surface area contributed by atoms with Crippen LogP contribution in [0.3, 0.4) is 0 Å². The summed E-state index contributed by atoms with van der Waals surface area (Å²) in [6, 6.07) is 23.6. The standard InChI is InChI=1S/C21H17N/c1-14-8-9-20-17(10-14)13-18-11-15(2)12-19(21(18)22-20)16-6-4-3-5-7-16/h3-13H,1-2H3. The van der Waals surface area contributed by atoms with Crippen molar-refractivity contribution >= 4 is 21.8 Å². The van der Waals surface area contributed by atoms with E-state index in [0.29, 0.717) is 0 Å². The summed E-state index contributed by atoms with van der Waals surface area (Å²) in [4.78, 5) is 4.94. The number of nitrogens with zero attached hydrogens (tertiary/aromatic N) is 1. The van der Waals surface area contributed by atoms with Gasteiger partial charge >= 0.3 is 0 Å². The van der Waals surface area contributed by atoms with Gasteiger partial charge in [0, 0.05) is 16.3 Å². The molecule has 0 saturated heterocycles. The lowest BCUT2D eigenvalue weighted by Crippen LogP contribution is -1.89. The monoisotopic (exact) mass is 283 g/mol. The molecule has 0 unspecified atom stereocenters. The first kappa shape index (κ1) is 13.0. The summed E-state index contributed by atoms with van der Waals surface area (Å²) >= 11 is 0. The highest BCUT2D eigenvalue weighted by Crippen LogP contribution is 2.31. The summed E-state index contributed by atoms with van der Waals surface area (Å²) in [5.74, 6) is 0. The molecule has 1 aromatic heterocycles. The van der Waals surface area contributed by atoms with Crippen molar-refractivity contribution in [1.82, 2.24) is 4.98 Å². The minimum atomic E-state index is 1.05. The zero-order chi connectivity index (χ0) is 15.1. The van der Waals surface area contributed by atoms with Gasteiger partial charge in [-0.3, -0.25) is 0 Å². The first-order valence-corrected chi connectivity index (χ1v) is 7.58. The Kier molecular flexibility index (Phi) is 2.93. The minimum Gasteiger partial charge on any atom is -0.247 e. The van der Waals surface area contributed by atoms with Crippen LogP contribution >= 0.6 is 0 Å². The molecule has 0 aliphatic carbocycles. The van der Waals surface area contributed by atoms with Crippen molar-refractivity contribution < 1.29 is 0 Å². The molecule has 0 saturated carbocycles. The van der Waals surface area contributed by atoms with E-state index in [0.717, 1.165) is 11.0 Å². The maximum atomic E-state index is 4.94. The summed E-state index contributed by atoms with van der Waals surface area (Å²) in [5, 5.41) is 2.41. The van der Waals surface area contributed by atoms with Crippen molar-refractivity contribution in [1.29, 1.82) is 0 Å². The number of rotatable bonds is 1. The van der Waals surface area contributed by atoms with E-state index in [9.17, 15) is 0 Å². The molecule has 0 spiro atoms. The van der Waals surface area contributed by atoms with E-state index in [1.165, 1.54) is 33.0 Å². The molecule has 106 valence electrons. The molecule has 0 aliphatic heterocycles. The predicted octanol–water partition coefficient (Wildman–Crippen LogP) is 5.67. The Hall–Kier alpha value is -2.67. The van der Waals surface area contributed by atoms with Crippen LogP contribution in [-0.4, -0.2) is 4.98 Å². The molecule has 1 heteroatoms. The van der Waals surface area contributed by atoms with Gasteiger partial charge in [-0.2, -0.15) is 0 Å². The third-order valence-corrected chi connectivity index (χ3v) is 4.09. The van der Waals surface area contributed by atoms with Crippen LogP contribution in [0, 0.1) is 13.8 Å². The summed E-state index contributed by atoms with van der Waals surface area (Å²) in [5.41, 5.74) is 7.09. The molecular weight excluding hydrogens is 266 g/mol. The van der Waals surface area contributed by atoms with E-state index in [1.807, 2.05) is 6.07 Å². The van der Waals surface area contributed by atoms with Crippen molar-refractivity contribution in [3.8, 4) is 11.1 Å². The van der Waals surface area contributed by atoms with E-state index in [4.69, 9.17) is 4.98 Å². The first-order chi connectivity index (χ1) is 10.7. The molecule has 0 radical (unpaired) electrons. The van der Waals surface area contributed by atoms with Gasteiger partial charge in [0.05, 0.1) is 11.0 Å². The normalized spacial score (nSPS) is 11.2. The lowest BCUT2D eigenvalue weighted by molar-refractivity contribution is 1.43. The third-order valence-electron chi connectivity index (χ3n) is 4.09. The van der Waals surface area contributed by atoms with Gasteiger partial charge in [0.2, 0.25) is 0 Å². The molecule has 0 amide bonds. The van der Waals surface area contributed by atoms with Crippen LogP contribution < -0.4 is 0 Å². The number of hydrogen-bond donors (Lipinski definition) is 0. The van der Waals surface area contributed by atoms with Crippen LogP contribution in [0.5, 0.6) is 0 Å². The van der Waals surface area contributed by atoms with Crippen molar-refractivity contribution in [3.63, 3.8) is 0 Å². The minimum absolute atomic E-state index is 1.05. The summed E-state index contributed by atoms with van der Waals surface area (Å²) < 4.78 is 0. The molecule has 3 aromatic carbocycles. The maximum Gasteiger partial charge on any atom is 0.0788 e. The fourth-order valence-electron chi connectivity index (χ4n) is 3.06. The van der Waals surface area contributed by atoms with Gasteiger partial charge < -0.3 is 0 Å². The predicted molar refractivity (Wildman–Crippen MR) is 94.2 cm³/mol. The molecule has 0 atom stereocenters. The average Bonchev–Trinajstić information content (AvgIpc) is 2.53. The van der Waals surface area contributed by atoms with Gasteiger partial charge in [-0.1, -0.05) is 42.0 Å². The zero-order valence-electron chi connectivity index (χ0n) is 12.8. The molecule has 0 fully saturated rings. The van der Waals surface area contributed by atoms with Crippen molar-refractivity contribution in [2.45, 2.75) is 13.8 Å². The van der Waals surface area contributed by atoms with E-state index in [-0.39, 0.29) is 0 Å². The Morgan fingerprint density at radius 1 is 0.682 bits per heavy atom. The van der Waals surface area contributed by atoms with Crippen LogP contribution in [0.2, 0.25) is 0 Å². The van der Waals surface area contributed by atoms with Gasteiger partial charge in [-0.25, -0.2) is 4.98 Å². The van der Waals surface area contributed by atoms with Gasteiger partial charge in [0.15, 0.2) is 0 Å². The van der Waals surface area contributed by atoms with Crippen LogP contribution in [0.4, 0.5) is 0 Å². The van der Waals surface area contributed by atoms with Crippen LogP contribution in [0.15, 0.2) is 66.7 Å². The molecule has 1 heterocycles. The van der Waals surface area contributed by atoms with Crippen molar-refractivity contribution in [2.75, 3.05) is 0 Å². The molecule has 1 nitrogen and oxygen atoms in total. The molecule has 0 N–H and O–H groups in total. The van der Waals surface area contributed by atoms with Crippen LogP contribution in [-0.2, 0) is 0 Å². The van der Waals surface area contributed by atoms with Gasteiger partial charge in [-0.15, -0.1) is 0 Å². The average molecular weight is 283 g/mol. The lowest BCUT2D eigenvalue weighted by Gasteiger charge is -2.10. The second kappa shape index (κ2) is 4.96. The number of benzene rings is 3. The fraction of sp³-hybridized carbons (Fsp3) is 0.0952. The number of aryl methyl sites for hydroxylation is 2. The summed E-state index contributed by atoms with van der Waals surface area (Å²) in [7, 11) is 0. The number of aromatic nitrogens is 1. The largest absolute Gasteiger partial charge is 0.247 e. The third kappa shape index (κ3) is 2.15. The Labute approximate surface area is 130 Å². The highest BCUT2D eigenvalue weighted by atomic mass is 14.7. The zero-order valence-corrected chi connectivity index (χ0v) is 12.8. The number of pyridine rings is 1. The van der Waals surface area contributed by atoms with E-state index in [1.54, 1.807) is 0 Å². The fourth-order valence-corrected chi connectivity index (χ4v) is 3.06. The summed E-state index contributed by atoms with van der Waals surface area (Å²) in [6.45, 7) is 4.27. The first-order valence-electron chi connectivity index (χ1n) is 7.58. The molecule has 0 bridgehead atoms. The van der Waals surface area contributed by atoms with Crippen LogP contribution in [0.1, 0.15) is 11.1 Å². The number of fused-ring (bicyclic) bond motifs is 2. The SMILES string of the molecule is Cc1ccc2nc3c(-c4ccccc4)cc(C)cc3cc2c1. The van der Waals surface area contributed by atoms with E-state index in [2.05, 4.69) is 74.5 Å². The van der Waals surface area contributed by atoms with Crippen molar-refractivity contribution in [3.05, 3.63) is 77.9 Å². The molecule has 4 aromatic rings. The highest BCUT2D eigenvalue weighted by Gasteiger charge is 2.08.